The number of rotatable bonds is 2. The number of aromatic carboxylic acids is 1. The van der Waals surface area contributed by atoms with Gasteiger partial charge < -0.3 is 5.11 Å². The average molecular weight is 190 g/mol. The smallest absolute Gasteiger partial charge is 0.354 e. The molecule has 2 rings (SSSR count). The molecule has 0 fully saturated rings. The molecule has 4 heteroatoms. The predicted octanol–water partition coefficient (Wildman–Crippen LogP) is 1.59. The molecule has 2 aromatic heterocycles. The van der Waals surface area contributed by atoms with Crippen molar-refractivity contribution in [2.75, 3.05) is 0 Å². The molecule has 0 saturated carbocycles. The van der Waals surface area contributed by atoms with E-state index in [-0.39, 0.29) is 5.69 Å². The zero-order valence-corrected chi connectivity index (χ0v) is 7.77. The number of fused-ring (bicyclic) bond motifs is 1. The van der Waals surface area contributed by atoms with Gasteiger partial charge in [-0.1, -0.05) is 13.0 Å². The van der Waals surface area contributed by atoms with Gasteiger partial charge in [0.1, 0.15) is 5.65 Å². The van der Waals surface area contributed by atoms with Crippen molar-refractivity contribution in [2.24, 2.45) is 0 Å². The highest BCUT2D eigenvalue weighted by molar-refractivity contribution is 5.88. The molecule has 0 aliphatic carbocycles. The van der Waals surface area contributed by atoms with Crippen LogP contribution < -0.4 is 0 Å². The molecule has 0 bridgehead atoms. The van der Waals surface area contributed by atoms with Crippen LogP contribution >= 0.6 is 0 Å². The largest absolute Gasteiger partial charge is 0.477 e. The number of hydrogen-bond acceptors (Lipinski definition) is 2. The lowest BCUT2D eigenvalue weighted by molar-refractivity contribution is 0.0688. The molecule has 72 valence electrons. The quantitative estimate of drug-likeness (QED) is 0.782. The Morgan fingerprint density at radius 3 is 3.00 bits per heavy atom. The van der Waals surface area contributed by atoms with Gasteiger partial charge in [0.25, 0.3) is 0 Å². The Morgan fingerprint density at radius 1 is 1.57 bits per heavy atom. The number of aromatic nitrogens is 2. The average Bonchev–Trinajstić information content (AvgIpc) is 2.55. The summed E-state index contributed by atoms with van der Waals surface area (Å²) in [4.78, 5) is 15.2. The van der Waals surface area contributed by atoms with E-state index < -0.39 is 5.97 Å². The molecule has 2 heterocycles. The summed E-state index contributed by atoms with van der Waals surface area (Å²) in [5.74, 6) is -0.930. The minimum absolute atomic E-state index is 0.267. The monoisotopic (exact) mass is 190 g/mol. The molecule has 14 heavy (non-hydrogen) atoms. The Labute approximate surface area is 80.8 Å². The van der Waals surface area contributed by atoms with E-state index in [9.17, 15) is 4.79 Å². The Morgan fingerprint density at radius 2 is 2.36 bits per heavy atom. The van der Waals surface area contributed by atoms with Gasteiger partial charge >= 0.3 is 5.97 Å². The standard InChI is InChI=1S/C10H10N2O2/c1-2-7-9(10(13)14)12-6-4-3-5-8(12)11-7/h3-6H,2H2,1H3,(H,13,14). The molecule has 0 aliphatic rings. The van der Waals surface area contributed by atoms with Crippen molar-refractivity contribution in [1.29, 1.82) is 0 Å². The number of nitrogens with zero attached hydrogens (tertiary/aromatic N) is 2. The highest BCUT2D eigenvalue weighted by Gasteiger charge is 2.15. The van der Waals surface area contributed by atoms with Crippen LogP contribution in [-0.2, 0) is 6.42 Å². The SMILES string of the molecule is CCc1nc2ccccn2c1C(=O)O. The number of carboxylic acid groups (broad SMARTS) is 1. The highest BCUT2D eigenvalue weighted by atomic mass is 16.4. The van der Waals surface area contributed by atoms with Crippen molar-refractivity contribution in [2.45, 2.75) is 13.3 Å². The first-order valence-electron chi connectivity index (χ1n) is 4.43. The molecular formula is C10H10N2O2. The molecular weight excluding hydrogens is 180 g/mol. The molecule has 0 unspecified atom stereocenters. The van der Waals surface area contributed by atoms with Crippen LogP contribution in [-0.4, -0.2) is 20.5 Å². The van der Waals surface area contributed by atoms with E-state index in [4.69, 9.17) is 5.11 Å². The van der Waals surface area contributed by atoms with E-state index in [0.717, 1.165) is 0 Å². The summed E-state index contributed by atoms with van der Waals surface area (Å²) in [5, 5.41) is 9.02. The molecule has 0 aliphatic heterocycles. The lowest BCUT2D eigenvalue weighted by Gasteiger charge is -1.96. The maximum absolute atomic E-state index is 11.0. The van der Waals surface area contributed by atoms with Crippen LogP contribution in [0.15, 0.2) is 24.4 Å². The second kappa shape index (κ2) is 3.14. The van der Waals surface area contributed by atoms with Crippen LogP contribution in [0.1, 0.15) is 23.1 Å². The van der Waals surface area contributed by atoms with Crippen molar-refractivity contribution in [3.05, 3.63) is 35.8 Å². The molecule has 0 aromatic carbocycles. The summed E-state index contributed by atoms with van der Waals surface area (Å²) in [6.07, 6.45) is 2.34. The van der Waals surface area contributed by atoms with Gasteiger partial charge in [0, 0.05) is 6.20 Å². The topological polar surface area (TPSA) is 54.6 Å². The summed E-state index contributed by atoms with van der Waals surface area (Å²) in [5.41, 5.74) is 1.58. The summed E-state index contributed by atoms with van der Waals surface area (Å²) < 4.78 is 1.60. The normalized spacial score (nSPS) is 10.6. The first kappa shape index (κ1) is 8.74. The zero-order chi connectivity index (χ0) is 10.1. The van der Waals surface area contributed by atoms with E-state index >= 15 is 0 Å². The Balaban J connectivity index is 2.81. The third-order valence-electron chi connectivity index (χ3n) is 2.14. The lowest BCUT2D eigenvalue weighted by Crippen LogP contribution is -2.04. The lowest BCUT2D eigenvalue weighted by atomic mass is 10.2. The number of imidazole rings is 1. The van der Waals surface area contributed by atoms with Gasteiger partial charge in [0.15, 0.2) is 5.69 Å². The van der Waals surface area contributed by atoms with Crippen molar-refractivity contribution in [1.82, 2.24) is 9.38 Å². The summed E-state index contributed by atoms with van der Waals surface area (Å²) >= 11 is 0. The summed E-state index contributed by atoms with van der Waals surface area (Å²) in [7, 11) is 0. The molecule has 0 radical (unpaired) electrons. The fourth-order valence-corrected chi connectivity index (χ4v) is 1.52. The van der Waals surface area contributed by atoms with Crippen molar-refractivity contribution < 1.29 is 9.90 Å². The van der Waals surface area contributed by atoms with E-state index in [1.165, 1.54) is 0 Å². The van der Waals surface area contributed by atoms with Crippen LogP contribution in [0, 0.1) is 0 Å². The third kappa shape index (κ3) is 1.16. The maximum Gasteiger partial charge on any atom is 0.354 e. The van der Waals surface area contributed by atoms with Crippen LogP contribution in [0.3, 0.4) is 0 Å². The number of carbonyl (C=O) groups is 1. The van der Waals surface area contributed by atoms with E-state index in [1.54, 1.807) is 22.7 Å². The number of aryl methyl sites for hydroxylation is 1. The maximum atomic E-state index is 11.0. The van der Waals surface area contributed by atoms with E-state index in [0.29, 0.717) is 17.8 Å². The Bertz CT molecular complexity index is 488. The molecule has 2 aromatic rings. The van der Waals surface area contributed by atoms with Gasteiger partial charge in [0.05, 0.1) is 5.69 Å². The fourth-order valence-electron chi connectivity index (χ4n) is 1.52. The van der Waals surface area contributed by atoms with Crippen molar-refractivity contribution in [3.8, 4) is 0 Å². The van der Waals surface area contributed by atoms with Crippen LogP contribution in [0.5, 0.6) is 0 Å². The zero-order valence-electron chi connectivity index (χ0n) is 7.77. The minimum atomic E-state index is -0.930. The minimum Gasteiger partial charge on any atom is -0.477 e. The van der Waals surface area contributed by atoms with Crippen molar-refractivity contribution in [3.63, 3.8) is 0 Å². The molecule has 0 amide bonds. The molecule has 0 atom stereocenters. The first-order chi connectivity index (χ1) is 6.74. The third-order valence-corrected chi connectivity index (χ3v) is 2.14. The van der Waals surface area contributed by atoms with Crippen molar-refractivity contribution >= 4 is 11.6 Å². The summed E-state index contributed by atoms with van der Waals surface area (Å²) in [6, 6.07) is 5.43. The molecule has 0 saturated heterocycles. The Hall–Kier alpha value is -1.84. The number of hydrogen-bond donors (Lipinski definition) is 1. The first-order valence-corrected chi connectivity index (χ1v) is 4.43. The van der Waals surface area contributed by atoms with E-state index in [2.05, 4.69) is 4.98 Å². The second-order valence-corrected chi connectivity index (χ2v) is 2.99. The van der Waals surface area contributed by atoms with Crippen LogP contribution in [0.4, 0.5) is 0 Å². The van der Waals surface area contributed by atoms with Crippen LogP contribution in [0.25, 0.3) is 5.65 Å². The predicted molar refractivity (Wildman–Crippen MR) is 51.5 cm³/mol. The van der Waals surface area contributed by atoms with E-state index in [1.807, 2.05) is 13.0 Å². The highest BCUT2D eigenvalue weighted by Crippen LogP contribution is 2.12. The van der Waals surface area contributed by atoms with Gasteiger partial charge in [-0.3, -0.25) is 4.40 Å². The second-order valence-electron chi connectivity index (χ2n) is 2.99. The van der Waals surface area contributed by atoms with Gasteiger partial charge in [0.2, 0.25) is 0 Å². The van der Waals surface area contributed by atoms with Gasteiger partial charge in [-0.2, -0.15) is 0 Å². The molecule has 0 spiro atoms. The van der Waals surface area contributed by atoms with Gasteiger partial charge in [-0.25, -0.2) is 9.78 Å². The van der Waals surface area contributed by atoms with Crippen LogP contribution in [0.2, 0.25) is 0 Å². The summed E-state index contributed by atoms with van der Waals surface area (Å²) in [6.45, 7) is 1.90. The Kier molecular flexibility index (Phi) is 1.96. The van der Waals surface area contributed by atoms with Gasteiger partial charge in [-0.15, -0.1) is 0 Å². The number of carboxylic acids is 1. The molecule has 1 N–H and O–H groups in total. The number of pyridine rings is 1. The fraction of sp³-hybridized carbons (Fsp3) is 0.200. The van der Waals surface area contributed by atoms with Gasteiger partial charge in [-0.05, 0) is 18.6 Å². The molecule has 4 nitrogen and oxygen atoms in total.